The monoisotopic (exact) mass is 425 g/mol. The smallest absolute Gasteiger partial charge is 0.363 e. The van der Waals surface area contributed by atoms with Crippen LogP contribution in [0.15, 0.2) is 30.5 Å². The van der Waals surface area contributed by atoms with E-state index >= 15 is 0 Å². The second-order valence-corrected chi connectivity index (χ2v) is 7.50. The number of ether oxygens (including phenoxy) is 1. The molecule has 0 aliphatic carbocycles. The predicted molar refractivity (Wildman–Crippen MR) is 90.1 cm³/mol. The number of pyridine rings is 1. The van der Waals surface area contributed by atoms with Crippen molar-refractivity contribution >= 4 is 7.60 Å². The van der Waals surface area contributed by atoms with Crippen molar-refractivity contribution in [3.05, 3.63) is 53.5 Å². The number of hydrogen-bond acceptors (Lipinski definition) is 3. The number of aromatic nitrogens is 1. The van der Waals surface area contributed by atoms with Crippen molar-refractivity contribution in [2.75, 3.05) is 6.61 Å². The summed E-state index contributed by atoms with van der Waals surface area (Å²) in [6.45, 7) is 1.92. The van der Waals surface area contributed by atoms with Crippen LogP contribution in [0.4, 0.5) is 22.0 Å². The Hall–Kier alpha value is -1.87. The molecule has 0 saturated carbocycles. The van der Waals surface area contributed by atoms with E-state index in [9.17, 15) is 26.5 Å². The second kappa shape index (κ2) is 7.87. The molecule has 5 nitrogen and oxygen atoms in total. The topological polar surface area (TPSA) is 79.7 Å². The molecule has 0 aliphatic heterocycles. The number of halogens is 5. The second-order valence-electron chi connectivity index (χ2n) is 5.85. The first kappa shape index (κ1) is 22.4. The van der Waals surface area contributed by atoms with Crippen molar-refractivity contribution in [3.63, 3.8) is 0 Å². The largest absolute Gasteiger partial charge is 0.398 e. The van der Waals surface area contributed by atoms with Crippen LogP contribution in [0, 0.1) is 17.5 Å². The highest BCUT2D eigenvalue weighted by molar-refractivity contribution is 7.53. The zero-order valence-electron chi connectivity index (χ0n) is 14.8. The molecule has 0 fully saturated rings. The highest BCUT2D eigenvalue weighted by Gasteiger charge is 2.66. The average Bonchev–Trinajstić information content (AvgIpc) is 2.62. The maximum absolute atomic E-state index is 14.8. The van der Waals surface area contributed by atoms with E-state index in [1.54, 1.807) is 0 Å². The summed E-state index contributed by atoms with van der Waals surface area (Å²) in [5.41, 5.74) is -9.60. The van der Waals surface area contributed by atoms with Crippen LogP contribution >= 0.6 is 7.60 Å². The zero-order valence-corrected chi connectivity index (χ0v) is 15.7. The van der Waals surface area contributed by atoms with E-state index in [0.29, 0.717) is 0 Å². The first-order valence-electron chi connectivity index (χ1n) is 8.10. The molecule has 0 aliphatic rings. The van der Waals surface area contributed by atoms with E-state index in [4.69, 9.17) is 14.5 Å². The summed E-state index contributed by atoms with van der Waals surface area (Å²) in [7, 11) is -6.11. The van der Waals surface area contributed by atoms with E-state index in [0.717, 1.165) is 37.4 Å². The van der Waals surface area contributed by atoms with Crippen LogP contribution in [0.2, 0.25) is 0 Å². The first-order chi connectivity index (χ1) is 12.9. The Balaban J connectivity index is 2.74. The molecule has 0 bridgehead atoms. The Morgan fingerprint density at radius 2 is 1.71 bits per heavy atom. The van der Waals surface area contributed by atoms with Gasteiger partial charge < -0.3 is 14.5 Å². The van der Waals surface area contributed by atoms with Crippen LogP contribution in [0.25, 0.3) is 11.3 Å². The molecular formula is C17H17F5NO4P. The van der Waals surface area contributed by atoms with Crippen molar-refractivity contribution in [1.82, 2.24) is 4.98 Å². The standard InChI is InChI=1S/C17H17F5NO4P/c1-3-16(27-4-2,17(21,22)28(24,25)26)12-7-6-11(14(19)15(12)20)13-8-5-10(18)9-23-13/h5-9H,3-4H2,1-2H3,(H2,24,25,26). The van der Waals surface area contributed by atoms with E-state index in [1.165, 1.54) is 6.92 Å². The lowest BCUT2D eigenvalue weighted by Crippen LogP contribution is -2.48. The van der Waals surface area contributed by atoms with Crippen LogP contribution in [0.1, 0.15) is 25.8 Å². The van der Waals surface area contributed by atoms with Crippen molar-refractivity contribution in [2.45, 2.75) is 31.5 Å². The van der Waals surface area contributed by atoms with E-state index in [-0.39, 0.29) is 5.69 Å². The van der Waals surface area contributed by atoms with E-state index in [1.807, 2.05) is 0 Å². The van der Waals surface area contributed by atoms with Crippen LogP contribution < -0.4 is 0 Å². The van der Waals surface area contributed by atoms with Gasteiger partial charge in [0.05, 0.1) is 11.9 Å². The summed E-state index contributed by atoms with van der Waals surface area (Å²) in [5.74, 6) is -4.08. The first-order valence-corrected chi connectivity index (χ1v) is 9.72. The molecule has 2 aromatic rings. The van der Waals surface area contributed by atoms with Crippen LogP contribution in [-0.2, 0) is 14.9 Å². The van der Waals surface area contributed by atoms with Gasteiger partial charge in [-0.2, -0.15) is 8.78 Å². The molecule has 0 saturated heterocycles. The van der Waals surface area contributed by atoms with Gasteiger partial charge in [-0.15, -0.1) is 0 Å². The quantitative estimate of drug-likeness (QED) is 0.502. The van der Waals surface area contributed by atoms with Gasteiger partial charge in [-0.1, -0.05) is 13.0 Å². The Kier molecular flexibility index (Phi) is 6.30. The fraction of sp³-hybridized carbons (Fsp3) is 0.353. The molecule has 0 amide bonds. The lowest BCUT2D eigenvalue weighted by atomic mass is 9.88. The van der Waals surface area contributed by atoms with Gasteiger partial charge in [0.25, 0.3) is 0 Å². The fourth-order valence-corrected chi connectivity index (χ4v) is 3.72. The zero-order chi connectivity index (χ0) is 21.3. The maximum Gasteiger partial charge on any atom is 0.398 e. The van der Waals surface area contributed by atoms with Crippen molar-refractivity contribution < 1.29 is 41.0 Å². The maximum atomic E-state index is 14.8. The number of nitrogens with zero attached hydrogens (tertiary/aromatic N) is 1. The highest BCUT2D eigenvalue weighted by Crippen LogP contribution is 2.63. The summed E-state index contributed by atoms with van der Waals surface area (Å²) in [6, 6.07) is 3.67. The predicted octanol–water partition coefficient (Wildman–Crippen LogP) is 4.58. The van der Waals surface area contributed by atoms with Gasteiger partial charge in [0.15, 0.2) is 17.2 Å². The number of rotatable bonds is 7. The third kappa shape index (κ3) is 3.57. The lowest BCUT2D eigenvalue weighted by Gasteiger charge is -2.39. The van der Waals surface area contributed by atoms with E-state index in [2.05, 4.69) is 4.98 Å². The SMILES string of the molecule is CCOC(CC)(c1ccc(-c2ccc(F)cn2)c(F)c1F)C(F)(F)P(=O)(O)O. The lowest BCUT2D eigenvalue weighted by molar-refractivity contribution is -0.181. The third-order valence-electron chi connectivity index (χ3n) is 4.26. The van der Waals surface area contributed by atoms with Gasteiger partial charge in [-0.3, -0.25) is 9.55 Å². The fourth-order valence-electron chi connectivity index (χ4n) is 2.91. The summed E-state index contributed by atoms with van der Waals surface area (Å²) in [5, 5.41) is 0. The minimum Gasteiger partial charge on any atom is -0.363 e. The molecule has 2 N–H and O–H groups in total. The van der Waals surface area contributed by atoms with Crippen LogP contribution in [-0.4, -0.2) is 27.0 Å². The number of benzene rings is 1. The Bertz CT molecular complexity index is 903. The van der Waals surface area contributed by atoms with Gasteiger partial charge in [-0.05, 0) is 31.5 Å². The Morgan fingerprint density at radius 3 is 2.18 bits per heavy atom. The van der Waals surface area contributed by atoms with Gasteiger partial charge in [-0.25, -0.2) is 13.2 Å². The molecule has 1 unspecified atom stereocenters. The Labute approximate surface area is 157 Å². The van der Waals surface area contributed by atoms with Crippen molar-refractivity contribution in [1.29, 1.82) is 0 Å². The van der Waals surface area contributed by atoms with Gasteiger partial charge >= 0.3 is 13.3 Å². The number of hydrogen-bond donors (Lipinski definition) is 2. The molecule has 1 aromatic carbocycles. The van der Waals surface area contributed by atoms with E-state index < -0.39 is 60.5 Å². The molecule has 0 radical (unpaired) electrons. The van der Waals surface area contributed by atoms with Crippen LogP contribution in [0.3, 0.4) is 0 Å². The summed E-state index contributed by atoms with van der Waals surface area (Å²) < 4.78 is 88.1. The molecule has 1 atom stereocenters. The molecule has 0 spiro atoms. The summed E-state index contributed by atoms with van der Waals surface area (Å²) >= 11 is 0. The van der Waals surface area contributed by atoms with Gasteiger partial charge in [0.1, 0.15) is 5.82 Å². The molecule has 11 heteroatoms. The molecule has 2 rings (SSSR count). The minimum atomic E-state index is -6.11. The summed E-state index contributed by atoms with van der Waals surface area (Å²) in [4.78, 5) is 21.9. The summed E-state index contributed by atoms with van der Waals surface area (Å²) in [6.07, 6.45) is 0.00249. The van der Waals surface area contributed by atoms with Gasteiger partial charge in [0.2, 0.25) is 0 Å². The minimum absolute atomic E-state index is 0.162. The van der Waals surface area contributed by atoms with Crippen LogP contribution in [0.5, 0.6) is 0 Å². The molecule has 1 heterocycles. The third-order valence-corrected chi connectivity index (χ3v) is 5.35. The average molecular weight is 425 g/mol. The van der Waals surface area contributed by atoms with Crippen molar-refractivity contribution in [3.8, 4) is 11.3 Å². The molecule has 1 aromatic heterocycles. The molecule has 154 valence electrons. The number of alkyl halides is 2. The molecule has 28 heavy (non-hydrogen) atoms. The Morgan fingerprint density at radius 1 is 1.07 bits per heavy atom. The normalized spacial score (nSPS) is 14.8. The molecular weight excluding hydrogens is 408 g/mol. The van der Waals surface area contributed by atoms with Gasteiger partial charge in [0, 0.05) is 17.7 Å². The highest BCUT2D eigenvalue weighted by atomic mass is 31.2. The van der Waals surface area contributed by atoms with Crippen molar-refractivity contribution in [2.24, 2.45) is 0 Å².